The summed E-state index contributed by atoms with van der Waals surface area (Å²) in [6, 6.07) is 9.41. The van der Waals surface area contributed by atoms with E-state index >= 15 is 0 Å². The van der Waals surface area contributed by atoms with E-state index in [1.165, 1.54) is 22.9 Å². The van der Waals surface area contributed by atoms with Gasteiger partial charge in [-0.05, 0) is 30.7 Å². The van der Waals surface area contributed by atoms with E-state index in [1.54, 1.807) is 31.3 Å². The van der Waals surface area contributed by atoms with E-state index < -0.39 is 10.8 Å². The van der Waals surface area contributed by atoms with Crippen LogP contribution in [0.15, 0.2) is 42.6 Å². The van der Waals surface area contributed by atoms with Crippen molar-refractivity contribution in [1.82, 2.24) is 9.78 Å². The van der Waals surface area contributed by atoms with Crippen LogP contribution in [0, 0.1) is 17.0 Å². The van der Waals surface area contributed by atoms with Crippen molar-refractivity contribution in [2.75, 3.05) is 5.32 Å². The Morgan fingerprint density at radius 1 is 1.14 bits per heavy atom. The van der Waals surface area contributed by atoms with Crippen molar-refractivity contribution >= 4 is 52.2 Å². The molecule has 144 valence electrons. The molecule has 3 aromatic rings. The molecule has 0 aliphatic carbocycles. The number of aryl methyl sites for hydroxylation is 1. The molecule has 0 saturated heterocycles. The molecule has 0 bridgehead atoms. The van der Waals surface area contributed by atoms with Crippen LogP contribution in [0.5, 0.6) is 0 Å². The molecule has 0 fully saturated rings. The van der Waals surface area contributed by atoms with Crippen molar-refractivity contribution in [2.24, 2.45) is 0 Å². The van der Waals surface area contributed by atoms with Crippen molar-refractivity contribution in [1.29, 1.82) is 0 Å². The summed E-state index contributed by atoms with van der Waals surface area (Å²) in [6.45, 7) is 1.96. The Bertz CT molecular complexity index is 1080. The van der Waals surface area contributed by atoms with Gasteiger partial charge in [0.25, 0.3) is 11.6 Å². The van der Waals surface area contributed by atoms with Crippen LogP contribution in [0.4, 0.5) is 11.5 Å². The molecule has 1 amide bonds. The number of rotatable bonds is 5. The summed E-state index contributed by atoms with van der Waals surface area (Å²) in [5, 5.41) is 19.0. The summed E-state index contributed by atoms with van der Waals surface area (Å²) in [7, 11) is 0. The summed E-state index contributed by atoms with van der Waals surface area (Å²) in [4.78, 5) is 22.9. The Morgan fingerprint density at radius 2 is 1.89 bits per heavy atom. The summed E-state index contributed by atoms with van der Waals surface area (Å²) < 4.78 is 1.54. The Hall–Kier alpha value is -2.61. The van der Waals surface area contributed by atoms with Crippen LogP contribution >= 0.6 is 34.8 Å². The average molecular weight is 440 g/mol. The molecule has 0 spiro atoms. The topological polar surface area (TPSA) is 90.1 Å². The van der Waals surface area contributed by atoms with Gasteiger partial charge in [0, 0.05) is 23.4 Å². The highest BCUT2D eigenvalue weighted by Crippen LogP contribution is 2.25. The summed E-state index contributed by atoms with van der Waals surface area (Å²) >= 11 is 18.1. The lowest BCUT2D eigenvalue weighted by Gasteiger charge is -2.05. The zero-order valence-electron chi connectivity index (χ0n) is 14.4. The molecular formula is C18H13Cl3N4O3. The summed E-state index contributed by atoms with van der Waals surface area (Å²) in [5.41, 5.74) is 1.31. The molecule has 2 aromatic carbocycles. The van der Waals surface area contributed by atoms with Gasteiger partial charge in [-0.15, -0.1) is 0 Å². The van der Waals surface area contributed by atoms with Crippen LogP contribution in [0.25, 0.3) is 0 Å². The van der Waals surface area contributed by atoms with Crippen molar-refractivity contribution in [2.45, 2.75) is 13.5 Å². The second-order valence-corrected chi connectivity index (χ2v) is 7.21. The lowest BCUT2D eigenvalue weighted by atomic mass is 10.1. The minimum atomic E-state index is -0.551. The van der Waals surface area contributed by atoms with Gasteiger partial charge in [-0.25, -0.2) is 0 Å². The number of halogens is 3. The van der Waals surface area contributed by atoms with Crippen LogP contribution in [-0.4, -0.2) is 20.6 Å². The molecule has 10 heteroatoms. The van der Waals surface area contributed by atoms with Crippen LogP contribution in [0.1, 0.15) is 21.5 Å². The number of hydrogen-bond donors (Lipinski definition) is 1. The van der Waals surface area contributed by atoms with Crippen LogP contribution in [0.3, 0.4) is 0 Å². The molecule has 0 aliphatic rings. The third-order valence-electron chi connectivity index (χ3n) is 3.95. The number of amides is 1. The second-order valence-electron chi connectivity index (χ2n) is 5.98. The lowest BCUT2D eigenvalue weighted by Crippen LogP contribution is -2.13. The molecule has 0 atom stereocenters. The SMILES string of the molecule is Cc1ccc(C(=O)Nc2nn(Cc3ccc(Cl)c(Cl)c3)cc2Cl)cc1[N+](=O)[O-]. The first-order valence-corrected chi connectivity index (χ1v) is 9.11. The van der Waals surface area contributed by atoms with Gasteiger partial charge in [-0.2, -0.15) is 5.10 Å². The number of hydrogen-bond acceptors (Lipinski definition) is 4. The highest BCUT2D eigenvalue weighted by Gasteiger charge is 2.17. The maximum Gasteiger partial charge on any atom is 0.273 e. The lowest BCUT2D eigenvalue weighted by molar-refractivity contribution is -0.385. The van der Waals surface area contributed by atoms with Gasteiger partial charge in [0.15, 0.2) is 5.82 Å². The van der Waals surface area contributed by atoms with Gasteiger partial charge in [0.05, 0.1) is 21.5 Å². The molecule has 0 radical (unpaired) electrons. The molecular weight excluding hydrogens is 427 g/mol. The van der Waals surface area contributed by atoms with E-state index in [0.29, 0.717) is 22.2 Å². The predicted octanol–water partition coefficient (Wildman–Crippen LogP) is 5.36. The molecule has 0 aliphatic heterocycles. The molecule has 1 heterocycles. The normalized spacial score (nSPS) is 10.7. The second kappa shape index (κ2) is 8.18. The number of aromatic nitrogens is 2. The minimum Gasteiger partial charge on any atom is -0.304 e. The van der Waals surface area contributed by atoms with E-state index in [2.05, 4.69) is 10.4 Å². The molecule has 7 nitrogen and oxygen atoms in total. The van der Waals surface area contributed by atoms with E-state index in [1.807, 2.05) is 0 Å². The molecule has 0 unspecified atom stereocenters. The predicted molar refractivity (Wildman–Crippen MR) is 109 cm³/mol. The molecule has 28 heavy (non-hydrogen) atoms. The van der Waals surface area contributed by atoms with Crippen molar-refractivity contribution in [3.8, 4) is 0 Å². The Labute approximate surface area is 175 Å². The van der Waals surface area contributed by atoms with Crippen LogP contribution < -0.4 is 5.32 Å². The maximum atomic E-state index is 12.4. The number of nitro benzene ring substituents is 1. The van der Waals surface area contributed by atoms with E-state index in [4.69, 9.17) is 34.8 Å². The standard InChI is InChI=1S/C18H13Cl3N4O3/c1-10-2-4-12(7-16(10)25(27)28)18(26)22-17-15(21)9-24(23-17)8-11-3-5-13(19)14(20)6-11/h2-7,9H,8H2,1H3,(H,22,23,26). The molecule has 0 saturated carbocycles. The molecule has 1 N–H and O–H groups in total. The number of nitrogens with zero attached hydrogens (tertiary/aromatic N) is 3. The summed E-state index contributed by atoms with van der Waals surface area (Å²) in [6.07, 6.45) is 1.55. The third-order valence-corrected chi connectivity index (χ3v) is 4.96. The van der Waals surface area contributed by atoms with E-state index in [9.17, 15) is 14.9 Å². The van der Waals surface area contributed by atoms with Gasteiger partial charge in [0.1, 0.15) is 5.02 Å². The fourth-order valence-electron chi connectivity index (χ4n) is 2.51. The molecule has 1 aromatic heterocycles. The fraction of sp³-hybridized carbons (Fsp3) is 0.111. The van der Waals surface area contributed by atoms with Crippen molar-refractivity contribution in [3.05, 3.63) is 84.5 Å². The van der Waals surface area contributed by atoms with Gasteiger partial charge < -0.3 is 5.32 Å². The Balaban J connectivity index is 1.78. The number of carbonyl (C=O) groups is 1. The first-order chi connectivity index (χ1) is 13.2. The summed E-state index contributed by atoms with van der Waals surface area (Å²) in [5.74, 6) is -0.403. The van der Waals surface area contributed by atoms with Gasteiger partial charge in [0.2, 0.25) is 0 Å². The van der Waals surface area contributed by atoms with Gasteiger partial charge in [-0.3, -0.25) is 19.6 Å². The van der Waals surface area contributed by atoms with E-state index in [-0.39, 0.29) is 22.1 Å². The zero-order chi connectivity index (χ0) is 20.4. The minimum absolute atomic E-state index is 0.132. The van der Waals surface area contributed by atoms with E-state index in [0.717, 1.165) is 5.56 Å². The van der Waals surface area contributed by atoms with Crippen LogP contribution in [0.2, 0.25) is 15.1 Å². The van der Waals surface area contributed by atoms with Gasteiger partial charge >= 0.3 is 0 Å². The smallest absolute Gasteiger partial charge is 0.273 e. The number of nitro groups is 1. The maximum absolute atomic E-state index is 12.4. The number of anilines is 1. The quantitative estimate of drug-likeness (QED) is 0.428. The van der Waals surface area contributed by atoms with Gasteiger partial charge in [-0.1, -0.05) is 46.9 Å². The monoisotopic (exact) mass is 438 g/mol. The zero-order valence-corrected chi connectivity index (χ0v) is 16.7. The first-order valence-electron chi connectivity index (χ1n) is 7.98. The Morgan fingerprint density at radius 3 is 2.57 bits per heavy atom. The van der Waals surface area contributed by atoms with Crippen LogP contribution in [-0.2, 0) is 6.54 Å². The highest BCUT2D eigenvalue weighted by atomic mass is 35.5. The number of benzene rings is 2. The number of nitrogens with one attached hydrogen (secondary N) is 1. The highest BCUT2D eigenvalue weighted by molar-refractivity contribution is 6.42. The largest absolute Gasteiger partial charge is 0.304 e. The Kier molecular flexibility index (Phi) is 5.88. The van der Waals surface area contributed by atoms with Crippen molar-refractivity contribution < 1.29 is 9.72 Å². The fourth-order valence-corrected chi connectivity index (χ4v) is 3.03. The first kappa shape index (κ1) is 20.1. The molecule has 3 rings (SSSR count). The number of carbonyl (C=O) groups excluding carboxylic acids is 1. The third kappa shape index (κ3) is 4.44. The average Bonchev–Trinajstić information content (AvgIpc) is 2.97. The van der Waals surface area contributed by atoms with Crippen molar-refractivity contribution in [3.63, 3.8) is 0 Å².